The number of ether oxygens (including phenoxy) is 1. The van der Waals surface area contributed by atoms with E-state index in [2.05, 4.69) is 57.3 Å². The number of hydrogen-bond acceptors (Lipinski definition) is 4. The normalized spacial score (nSPS) is 18.3. The second kappa shape index (κ2) is 5.60. The molecule has 1 aliphatic heterocycles. The van der Waals surface area contributed by atoms with Crippen LogP contribution in [-0.4, -0.2) is 46.0 Å². The maximum Gasteiger partial charge on any atom is 0.157 e. The molecule has 0 unspecified atom stereocenters. The van der Waals surface area contributed by atoms with E-state index in [1.54, 1.807) is 0 Å². The van der Waals surface area contributed by atoms with E-state index < -0.39 is 0 Å². The van der Waals surface area contributed by atoms with Gasteiger partial charge in [-0.1, -0.05) is 12.1 Å². The average molecular weight is 333 g/mol. The number of aromatic amines is 2. The number of fused-ring (bicyclic) bond motifs is 2. The summed E-state index contributed by atoms with van der Waals surface area (Å²) in [6.07, 6.45) is 3.83. The smallest absolute Gasteiger partial charge is 0.157 e. The average Bonchev–Trinajstić information content (AvgIpc) is 3.30. The van der Waals surface area contributed by atoms with Gasteiger partial charge in [0.25, 0.3) is 0 Å². The zero-order valence-electron chi connectivity index (χ0n) is 14.0. The molecule has 0 aliphatic carbocycles. The highest BCUT2D eigenvalue weighted by Gasteiger charge is 2.23. The number of aromatic nitrogens is 4. The molecule has 0 bridgehead atoms. The van der Waals surface area contributed by atoms with E-state index in [0.717, 1.165) is 53.3 Å². The quantitative estimate of drug-likeness (QED) is 0.590. The van der Waals surface area contributed by atoms with Gasteiger partial charge >= 0.3 is 0 Å². The molecule has 25 heavy (non-hydrogen) atoms. The summed E-state index contributed by atoms with van der Waals surface area (Å²) in [6.45, 7) is 4.55. The number of nitrogens with zero attached hydrogens (tertiary/aromatic N) is 3. The van der Waals surface area contributed by atoms with Crippen molar-refractivity contribution in [3.63, 3.8) is 0 Å². The second-order valence-electron chi connectivity index (χ2n) is 6.52. The Morgan fingerprint density at radius 2 is 2.20 bits per heavy atom. The van der Waals surface area contributed by atoms with Crippen LogP contribution in [-0.2, 0) is 4.74 Å². The molecule has 1 atom stereocenters. The first-order valence-electron chi connectivity index (χ1n) is 8.56. The Balaban J connectivity index is 1.73. The molecule has 1 fully saturated rings. The van der Waals surface area contributed by atoms with Crippen LogP contribution in [0.3, 0.4) is 0 Å². The molecule has 6 heteroatoms. The number of nitrogens with one attached hydrogen (secondary N) is 2. The Hall–Kier alpha value is -2.86. The lowest BCUT2D eigenvalue weighted by Crippen LogP contribution is -2.43. The fourth-order valence-electron chi connectivity index (χ4n) is 3.68. The van der Waals surface area contributed by atoms with Gasteiger partial charge in [-0.3, -0.25) is 5.10 Å². The van der Waals surface area contributed by atoms with Crippen molar-refractivity contribution >= 4 is 27.6 Å². The molecule has 5 rings (SSSR count). The Kier molecular flexibility index (Phi) is 3.24. The van der Waals surface area contributed by atoms with E-state index in [0.29, 0.717) is 6.04 Å². The number of anilines is 1. The van der Waals surface area contributed by atoms with Gasteiger partial charge in [0.2, 0.25) is 0 Å². The molecule has 0 radical (unpaired) electrons. The second-order valence-corrected chi connectivity index (χ2v) is 6.52. The van der Waals surface area contributed by atoms with Crippen molar-refractivity contribution in [1.29, 1.82) is 0 Å². The maximum atomic E-state index is 5.60. The van der Waals surface area contributed by atoms with Gasteiger partial charge < -0.3 is 14.6 Å². The summed E-state index contributed by atoms with van der Waals surface area (Å²) in [6, 6.07) is 10.9. The number of H-pyrrole nitrogens is 2. The summed E-state index contributed by atoms with van der Waals surface area (Å²) in [4.78, 5) is 10.5. The molecular weight excluding hydrogens is 314 g/mol. The Labute approximate surface area is 144 Å². The Morgan fingerprint density at radius 3 is 3.12 bits per heavy atom. The number of morpholine rings is 1. The number of rotatable bonds is 2. The van der Waals surface area contributed by atoms with Crippen molar-refractivity contribution in [3.05, 3.63) is 42.7 Å². The summed E-state index contributed by atoms with van der Waals surface area (Å²) < 4.78 is 5.60. The van der Waals surface area contributed by atoms with Crippen molar-refractivity contribution in [1.82, 2.24) is 20.2 Å². The molecule has 126 valence electrons. The van der Waals surface area contributed by atoms with Crippen LogP contribution >= 0.6 is 0 Å². The van der Waals surface area contributed by atoms with E-state index >= 15 is 0 Å². The van der Waals surface area contributed by atoms with Crippen LogP contribution in [0.1, 0.15) is 6.92 Å². The molecule has 1 aliphatic rings. The fourth-order valence-corrected chi connectivity index (χ4v) is 3.68. The van der Waals surface area contributed by atoms with Crippen molar-refractivity contribution in [2.45, 2.75) is 13.0 Å². The molecule has 0 amide bonds. The van der Waals surface area contributed by atoms with Gasteiger partial charge in [-0.25, -0.2) is 4.98 Å². The SMILES string of the molecule is C[C@@H]1COCCN1c1cc(-c2cccc3[nH]ccc23)nc2[nH]ncc12. The Bertz CT molecular complexity index is 1050. The molecule has 4 heterocycles. The van der Waals surface area contributed by atoms with Gasteiger partial charge in [0.15, 0.2) is 5.65 Å². The van der Waals surface area contributed by atoms with Gasteiger partial charge in [0.05, 0.1) is 36.2 Å². The third-order valence-corrected chi connectivity index (χ3v) is 4.95. The first-order chi connectivity index (χ1) is 12.3. The first-order valence-corrected chi connectivity index (χ1v) is 8.56. The monoisotopic (exact) mass is 333 g/mol. The van der Waals surface area contributed by atoms with E-state index in [1.807, 2.05) is 12.4 Å². The Morgan fingerprint density at radius 1 is 1.24 bits per heavy atom. The largest absolute Gasteiger partial charge is 0.377 e. The maximum absolute atomic E-state index is 5.60. The zero-order valence-corrected chi connectivity index (χ0v) is 14.0. The number of pyridine rings is 1. The van der Waals surface area contributed by atoms with E-state index in [4.69, 9.17) is 9.72 Å². The lowest BCUT2D eigenvalue weighted by molar-refractivity contribution is 0.0991. The predicted octanol–water partition coefficient (Wildman–Crippen LogP) is 3.33. The van der Waals surface area contributed by atoms with Gasteiger partial charge in [-0.05, 0) is 25.1 Å². The molecular formula is C19H19N5O. The zero-order chi connectivity index (χ0) is 16.8. The van der Waals surface area contributed by atoms with Gasteiger partial charge in [-0.15, -0.1) is 0 Å². The highest BCUT2D eigenvalue weighted by molar-refractivity contribution is 5.98. The minimum atomic E-state index is 0.324. The van der Waals surface area contributed by atoms with Crippen LogP contribution in [0, 0.1) is 0 Å². The molecule has 6 nitrogen and oxygen atoms in total. The van der Waals surface area contributed by atoms with Crippen molar-refractivity contribution in [2.24, 2.45) is 0 Å². The van der Waals surface area contributed by atoms with Crippen LogP contribution in [0.2, 0.25) is 0 Å². The molecule has 2 N–H and O–H groups in total. The third kappa shape index (κ3) is 2.29. The molecule has 4 aromatic rings. The standard InChI is InChI=1S/C19H19N5O/c1-12-11-25-8-7-24(12)18-9-17(22-19-15(18)10-21-23-19)13-3-2-4-16-14(13)5-6-20-16/h2-6,9-10,12,20H,7-8,11H2,1H3,(H,21,22,23)/t12-/m1/s1. The molecule has 1 aromatic carbocycles. The van der Waals surface area contributed by atoms with Crippen molar-refractivity contribution in [2.75, 3.05) is 24.7 Å². The van der Waals surface area contributed by atoms with Crippen LogP contribution in [0.25, 0.3) is 33.2 Å². The molecule has 0 spiro atoms. The molecule has 0 saturated carbocycles. The summed E-state index contributed by atoms with van der Waals surface area (Å²) >= 11 is 0. The topological polar surface area (TPSA) is 69.8 Å². The fraction of sp³-hybridized carbons (Fsp3) is 0.263. The van der Waals surface area contributed by atoms with Crippen LogP contribution in [0.15, 0.2) is 42.7 Å². The third-order valence-electron chi connectivity index (χ3n) is 4.95. The van der Waals surface area contributed by atoms with E-state index in [9.17, 15) is 0 Å². The van der Waals surface area contributed by atoms with Crippen LogP contribution in [0.5, 0.6) is 0 Å². The highest BCUT2D eigenvalue weighted by atomic mass is 16.5. The van der Waals surface area contributed by atoms with Crippen molar-refractivity contribution < 1.29 is 4.74 Å². The predicted molar refractivity (Wildman–Crippen MR) is 98.8 cm³/mol. The van der Waals surface area contributed by atoms with E-state index in [-0.39, 0.29) is 0 Å². The van der Waals surface area contributed by atoms with Gasteiger partial charge in [-0.2, -0.15) is 5.10 Å². The number of benzene rings is 1. The molecule has 3 aromatic heterocycles. The summed E-state index contributed by atoms with van der Waals surface area (Å²) in [5.41, 5.74) is 5.18. The van der Waals surface area contributed by atoms with Gasteiger partial charge in [0, 0.05) is 35.2 Å². The molecule has 1 saturated heterocycles. The summed E-state index contributed by atoms with van der Waals surface area (Å²) in [5.74, 6) is 0. The highest BCUT2D eigenvalue weighted by Crippen LogP contribution is 2.34. The lowest BCUT2D eigenvalue weighted by Gasteiger charge is -2.35. The minimum absolute atomic E-state index is 0.324. The first kappa shape index (κ1) is 14.5. The number of hydrogen-bond donors (Lipinski definition) is 2. The van der Waals surface area contributed by atoms with Crippen molar-refractivity contribution in [3.8, 4) is 11.3 Å². The van der Waals surface area contributed by atoms with Gasteiger partial charge in [0.1, 0.15) is 0 Å². The van der Waals surface area contributed by atoms with E-state index in [1.165, 1.54) is 5.39 Å². The summed E-state index contributed by atoms with van der Waals surface area (Å²) in [5, 5.41) is 9.49. The lowest BCUT2D eigenvalue weighted by atomic mass is 10.0. The minimum Gasteiger partial charge on any atom is -0.377 e. The van der Waals surface area contributed by atoms with Crippen LogP contribution < -0.4 is 4.90 Å². The van der Waals surface area contributed by atoms with Crippen LogP contribution in [0.4, 0.5) is 5.69 Å². The summed E-state index contributed by atoms with van der Waals surface area (Å²) in [7, 11) is 0.